The Kier molecular flexibility index (Phi) is 4.62. The third-order valence-corrected chi connectivity index (χ3v) is 5.42. The molecule has 112 valence electrons. The van der Waals surface area contributed by atoms with Gasteiger partial charge in [0.25, 0.3) is 0 Å². The summed E-state index contributed by atoms with van der Waals surface area (Å²) in [6, 6.07) is 6.00. The van der Waals surface area contributed by atoms with Crippen LogP contribution < -0.4 is 0 Å². The third-order valence-electron chi connectivity index (χ3n) is 3.45. The van der Waals surface area contributed by atoms with E-state index >= 15 is 0 Å². The fourth-order valence-corrected chi connectivity index (χ4v) is 4.22. The molecule has 1 N–H and O–H groups in total. The first-order valence-corrected chi connectivity index (χ1v) is 8.79. The molecule has 3 rings (SSSR count). The number of nitrogens with zero attached hydrogens (tertiary/aromatic N) is 2. The van der Waals surface area contributed by atoms with Gasteiger partial charge in [0.15, 0.2) is 5.76 Å². The summed E-state index contributed by atoms with van der Waals surface area (Å²) in [5.74, 6) is 1.93. The number of hydrogen-bond acceptors (Lipinski definition) is 6. The summed E-state index contributed by atoms with van der Waals surface area (Å²) in [5, 5.41) is 15.1. The molecular weight excluding hydrogens is 308 g/mol. The van der Waals surface area contributed by atoms with E-state index in [1.54, 1.807) is 11.3 Å². The van der Waals surface area contributed by atoms with Gasteiger partial charge in [-0.15, -0.1) is 11.3 Å². The molecule has 0 spiro atoms. The number of carbonyl (C=O) groups is 1. The van der Waals surface area contributed by atoms with E-state index in [1.165, 1.54) is 0 Å². The molecule has 1 unspecified atom stereocenters. The molecule has 0 amide bonds. The summed E-state index contributed by atoms with van der Waals surface area (Å²) >= 11 is 3.43. The minimum absolute atomic E-state index is 0.0723. The Morgan fingerprint density at radius 3 is 3.24 bits per heavy atom. The maximum absolute atomic E-state index is 11.0. The molecule has 0 aliphatic carbocycles. The van der Waals surface area contributed by atoms with Gasteiger partial charge in [-0.3, -0.25) is 9.69 Å². The van der Waals surface area contributed by atoms with Gasteiger partial charge in [0.05, 0.1) is 17.0 Å². The zero-order valence-electron chi connectivity index (χ0n) is 11.4. The van der Waals surface area contributed by atoms with E-state index in [9.17, 15) is 4.79 Å². The highest BCUT2D eigenvalue weighted by Gasteiger charge is 2.26. The van der Waals surface area contributed by atoms with Crippen LogP contribution in [0.25, 0.3) is 10.6 Å². The number of carboxylic acid groups (broad SMARTS) is 1. The second-order valence-corrected chi connectivity index (χ2v) is 7.05. The highest BCUT2D eigenvalue weighted by atomic mass is 32.2. The van der Waals surface area contributed by atoms with E-state index in [1.807, 2.05) is 35.3 Å². The lowest BCUT2D eigenvalue weighted by Gasteiger charge is -2.33. The second kappa shape index (κ2) is 6.64. The maximum Gasteiger partial charge on any atom is 0.304 e. The summed E-state index contributed by atoms with van der Waals surface area (Å²) in [5.41, 5.74) is 0.862. The number of hydrogen-bond donors (Lipinski definition) is 1. The molecule has 0 bridgehead atoms. The SMILES string of the molecule is O=C(O)CC1CSCCN1Cc1cc(-c2cccs2)on1. The molecule has 2 aromatic rings. The van der Waals surface area contributed by atoms with Crippen LogP contribution in [0, 0.1) is 0 Å². The van der Waals surface area contributed by atoms with Crippen LogP contribution >= 0.6 is 23.1 Å². The average Bonchev–Trinajstić information content (AvgIpc) is 3.11. The average molecular weight is 324 g/mol. The number of rotatable bonds is 5. The van der Waals surface area contributed by atoms with Gasteiger partial charge in [-0.1, -0.05) is 11.2 Å². The molecule has 0 radical (unpaired) electrons. The Balaban J connectivity index is 1.68. The molecular formula is C14H16N2O3S2. The van der Waals surface area contributed by atoms with Crippen LogP contribution in [-0.2, 0) is 11.3 Å². The molecule has 5 nitrogen and oxygen atoms in total. The van der Waals surface area contributed by atoms with Gasteiger partial charge in [-0.25, -0.2) is 0 Å². The first kappa shape index (κ1) is 14.6. The van der Waals surface area contributed by atoms with Gasteiger partial charge in [-0.2, -0.15) is 11.8 Å². The number of aromatic nitrogens is 1. The van der Waals surface area contributed by atoms with Crippen molar-refractivity contribution >= 4 is 29.1 Å². The molecule has 1 atom stereocenters. The van der Waals surface area contributed by atoms with Crippen molar-refractivity contribution in [3.8, 4) is 10.6 Å². The normalized spacial score (nSPS) is 19.7. The largest absolute Gasteiger partial charge is 0.481 e. The van der Waals surface area contributed by atoms with Crippen molar-refractivity contribution in [3.63, 3.8) is 0 Å². The monoisotopic (exact) mass is 324 g/mol. The molecule has 0 aromatic carbocycles. The topological polar surface area (TPSA) is 66.6 Å². The maximum atomic E-state index is 11.0. The number of thioether (sulfide) groups is 1. The standard InChI is InChI=1S/C14H16N2O3S2/c17-14(18)7-11-9-20-5-3-16(11)8-10-6-12(19-15-10)13-2-1-4-21-13/h1-2,4,6,11H,3,5,7-9H2,(H,17,18). The molecule has 1 saturated heterocycles. The van der Waals surface area contributed by atoms with Crippen LogP contribution in [0.2, 0.25) is 0 Å². The summed E-state index contributed by atoms with van der Waals surface area (Å²) in [4.78, 5) is 14.2. The minimum atomic E-state index is -0.744. The van der Waals surface area contributed by atoms with Crippen molar-refractivity contribution in [1.82, 2.24) is 10.1 Å². The third kappa shape index (κ3) is 3.66. The van der Waals surface area contributed by atoms with E-state index in [2.05, 4.69) is 10.1 Å². The van der Waals surface area contributed by atoms with E-state index < -0.39 is 5.97 Å². The minimum Gasteiger partial charge on any atom is -0.481 e. The first-order chi connectivity index (χ1) is 10.2. The molecule has 1 aliphatic rings. The van der Waals surface area contributed by atoms with Crippen molar-refractivity contribution in [2.45, 2.75) is 19.0 Å². The molecule has 1 aliphatic heterocycles. The number of thiophene rings is 1. The Morgan fingerprint density at radius 1 is 1.57 bits per heavy atom. The fraction of sp³-hybridized carbons (Fsp3) is 0.429. The number of carboxylic acids is 1. The fourth-order valence-electron chi connectivity index (χ4n) is 2.42. The molecule has 21 heavy (non-hydrogen) atoms. The van der Waals surface area contributed by atoms with Gasteiger partial charge in [0, 0.05) is 36.7 Å². The smallest absolute Gasteiger partial charge is 0.304 e. The predicted octanol–water partition coefficient (Wildman–Crippen LogP) is 2.80. The Bertz CT molecular complexity index is 597. The summed E-state index contributed by atoms with van der Waals surface area (Å²) in [6.07, 6.45) is 0.183. The highest BCUT2D eigenvalue weighted by Crippen LogP contribution is 2.27. The summed E-state index contributed by atoms with van der Waals surface area (Å²) < 4.78 is 5.38. The number of aliphatic carboxylic acids is 1. The molecule has 7 heteroatoms. The molecule has 2 aromatic heterocycles. The Morgan fingerprint density at radius 2 is 2.48 bits per heavy atom. The second-order valence-electron chi connectivity index (χ2n) is 4.96. The lowest BCUT2D eigenvalue weighted by molar-refractivity contribution is -0.138. The zero-order chi connectivity index (χ0) is 14.7. The molecule has 3 heterocycles. The lowest BCUT2D eigenvalue weighted by Crippen LogP contribution is -2.43. The van der Waals surface area contributed by atoms with Crippen LogP contribution in [0.3, 0.4) is 0 Å². The quantitative estimate of drug-likeness (QED) is 0.912. The van der Waals surface area contributed by atoms with Gasteiger partial charge in [0.2, 0.25) is 0 Å². The van der Waals surface area contributed by atoms with Crippen molar-refractivity contribution < 1.29 is 14.4 Å². The van der Waals surface area contributed by atoms with Crippen molar-refractivity contribution in [2.24, 2.45) is 0 Å². The zero-order valence-corrected chi connectivity index (χ0v) is 13.0. The van der Waals surface area contributed by atoms with E-state index in [0.29, 0.717) is 6.54 Å². The Hall–Kier alpha value is -1.31. The van der Waals surface area contributed by atoms with Gasteiger partial charge >= 0.3 is 5.97 Å². The summed E-state index contributed by atoms with van der Waals surface area (Å²) in [7, 11) is 0. The van der Waals surface area contributed by atoms with Crippen LogP contribution in [0.15, 0.2) is 28.1 Å². The van der Waals surface area contributed by atoms with E-state index in [-0.39, 0.29) is 12.5 Å². The van der Waals surface area contributed by atoms with Crippen LogP contribution in [0.5, 0.6) is 0 Å². The highest BCUT2D eigenvalue weighted by molar-refractivity contribution is 7.99. The van der Waals surface area contributed by atoms with Crippen LogP contribution in [0.4, 0.5) is 0 Å². The van der Waals surface area contributed by atoms with Crippen molar-refractivity contribution in [1.29, 1.82) is 0 Å². The van der Waals surface area contributed by atoms with E-state index in [0.717, 1.165) is 34.4 Å². The van der Waals surface area contributed by atoms with Crippen molar-refractivity contribution in [3.05, 3.63) is 29.3 Å². The van der Waals surface area contributed by atoms with Crippen molar-refractivity contribution in [2.75, 3.05) is 18.1 Å². The van der Waals surface area contributed by atoms with Gasteiger partial charge < -0.3 is 9.63 Å². The van der Waals surface area contributed by atoms with Crippen LogP contribution in [-0.4, -0.2) is 45.2 Å². The van der Waals surface area contributed by atoms with Crippen LogP contribution in [0.1, 0.15) is 12.1 Å². The van der Waals surface area contributed by atoms with Gasteiger partial charge in [0.1, 0.15) is 0 Å². The molecule has 1 fully saturated rings. The first-order valence-electron chi connectivity index (χ1n) is 6.75. The Labute approximate surface area is 130 Å². The summed E-state index contributed by atoms with van der Waals surface area (Å²) in [6.45, 7) is 1.54. The molecule has 0 saturated carbocycles. The predicted molar refractivity (Wildman–Crippen MR) is 83.6 cm³/mol. The van der Waals surface area contributed by atoms with Gasteiger partial charge in [-0.05, 0) is 11.4 Å². The van der Waals surface area contributed by atoms with E-state index in [4.69, 9.17) is 9.63 Å². The lowest BCUT2D eigenvalue weighted by atomic mass is 10.2.